The van der Waals surface area contributed by atoms with Crippen molar-refractivity contribution in [2.75, 3.05) is 6.61 Å². The van der Waals surface area contributed by atoms with Crippen LogP contribution in [0.5, 0.6) is 5.75 Å². The number of rotatable bonds is 2. The molecule has 0 unspecified atom stereocenters. The number of aliphatic hydroxyl groups excluding tert-OH is 1. The van der Waals surface area contributed by atoms with Gasteiger partial charge in [-0.2, -0.15) is 0 Å². The molecule has 2 nitrogen and oxygen atoms in total. The van der Waals surface area contributed by atoms with E-state index in [1.165, 1.54) is 0 Å². The molecule has 1 aromatic carbocycles. The molecule has 0 saturated carbocycles. The molecule has 0 heterocycles. The van der Waals surface area contributed by atoms with Gasteiger partial charge in [-0.3, -0.25) is 0 Å². The van der Waals surface area contributed by atoms with Gasteiger partial charge in [0.25, 0.3) is 0 Å². The van der Waals surface area contributed by atoms with Crippen LogP contribution in [0.2, 0.25) is 0 Å². The third-order valence-electron chi connectivity index (χ3n) is 2.18. The van der Waals surface area contributed by atoms with Crippen molar-refractivity contribution in [3.63, 3.8) is 0 Å². The summed E-state index contributed by atoms with van der Waals surface area (Å²) < 4.78 is 0. The van der Waals surface area contributed by atoms with Crippen LogP contribution in [0.4, 0.5) is 0 Å². The van der Waals surface area contributed by atoms with Gasteiger partial charge in [0.1, 0.15) is 5.75 Å². The zero-order valence-corrected chi connectivity index (χ0v) is 8.83. The number of aryl methyl sites for hydroxylation is 2. The second-order valence-corrected chi connectivity index (χ2v) is 3.65. The van der Waals surface area contributed by atoms with Crippen LogP contribution < -0.4 is 0 Å². The summed E-state index contributed by atoms with van der Waals surface area (Å²) in [6.07, 6.45) is 1.92. The normalized spacial score (nSPS) is 11.9. The highest BCUT2D eigenvalue weighted by Crippen LogP contribution is 2.23. The summed E-state index contributed by atoms with van der Waals surface area (Å²) in [5, 5.41) is 18.4. The predicted octanol–water partition coefficient (Wildman–Crippen LogP) is 2.40. The standard InChI is InChI=1S/C12H16O2/c1-8(7-13)4-11-5-9(2)12(14)10(3)6-11/h4-6,13-14H,7H2,1-3H3/b8-4-. The second kappa shape index (κ2) is 4.29. The Morgan fingerprint density at radius 3 is 2.21 bits per heavy atom. The Bertz CT molecular complexity index is 342. The van der Waals surface area contributed by atoms with Crippen molar-refractivity contribution in [2.45, 2.75) is 20.8 Å². The molecule has 1 rings (SSSR count). The molecule has 2 N–H and O–H groups in total. The third-order valence-corrected chi connectivity index (χ3v) is 2.18. The molecule has 0 aliphatic heterocycles. The lowest BCUT2D eigenvalue weighted by Crippen LogP contribution is -1.87. The van der Waals surface area contributed by atoms with Gasteiger partial charge < -0.3 is 10.2 Å². The van der Waals surface area contributed by atoms with Crippen LogP contribution in [-0.4, -0.2) is 16.8 Å². The number of phenolic OH excluding ortho intramolecular Hbond substituents is 1. The Balaban J connectivity index is 3.13. The van der Waals surface area contributed by atoms with Crippen LogP contribution in [-0.2, 0) is 0 Å². The van der Waals surface area contributed by atoms with Gasteiger partial charge in [0.15, 0.2) is 0 Å². The van der Waals surface area contributed by atoms with Crippen LogP contribution in [0.3, 0.4) is 0 Å². The van der Waals surface area contributed by atoms with Gasteiger partial charge in [-0.25, -0.2) is 0 Å². The maximum Gasteiger partial charge on any atom is 0.121 e. The lowest BCUT2D eigenvalue weighted by Gasteiger charge is -2.05. The first-order chi connectivity index (χ1) is 6.54. The average molecular weight is 192 g/mol. The Morgan fingerprint density at radius 2 is 1.79 bits per heavy atom. The van der Waals surface area contributed by atoms with Crippen molar-refractivity contribution < 1.29 is 10.2 Å². The topological polar surface area (TPSA) is 40.5 Å². The third kappa shape index (κ3) is 2.36. The summed E-state index contributed by atoms with van der Waals surface area (Å²) in [5.41, 5.74) is 3.66. The number of aliphatic hydroxyl groups is 1. The highest BCUT2D eigenvalue weighted by Gasteiger charge is 2.01. The molecule has 0 bridgehead atoms. The Kier molecular flexibility index (Phi) is 3.31. The monoisotopic (exact) mass is 192 g/mol. The molecule has 0 aliphatic carbocycles. The van der Waals surface area contributed by atoms with Crippen molar-refractivity contribution in [3.05, 3.63) is 34.4 Å². The first-order valence-electron chi connectivity index (χ1n) is 4.63. The molecule has 14 heavy (non-hydrogen) atoms. The fourth-order valence-corrected chi connectivity index (χ4v) is 1.40. The molecule has 0 radical (unpaired) electrons. The summed E-state index contributed by atoms with van der Waals surface area (Å²) in [6, 6.07) is 3.81. The molecule has 2 heteroatoms. The first-order valence-corrected chi connectivity index (χ1v) is 4.63. The number of benzene rings is 1. The van der Waals surface area contributed by atoms with Gasteiger partial charge >= 0.3 is 0 Å². The van der Waals surface area contributed by atoms with E-state index in [1.54, 1.807) is 0 Å². The van der Waals surface area contributed by atoms with Crippen molar-refractivity contribution in [1.29, 1.82) is 0 Å². The number of hydrogen-bond acceptors (Lipinski definition) is 2. The maximum atomic E-state index is 9.55. The van der Waals surface area contributed by atoms with Crippen LogP contribution in [0.15, 0.2) is 17.7 Å². The van der Waals surface area contributed by atoms with Crippen LogP contribution >= 0.6 is 0 Å². The Labute approximate surface area is 84.5 Å². The Hall–Kier alpha value is -1.28. The highest BCUT2D eigenvalue weighted by atomic mass is 16.3. The van der Waals surface area contributed by atoms with E-state index in [0.717, 1.165) is 22.3 Å². The van der Waals surface area contributed by atoms with E-state index in [-0.39, 0.29) is 6.61 Å². The fourth-order valence-electron chi connectivity index (χ4n) is 1.40. The summed E-state index contributed by atoms with van der Waals surface area (Å²) in [7, 11) is 0. The van der Waals surface area contributed by atoms with E-state index in [0.29, 0.717) is 5.75 Å². The zero-order chi connectivity index (χ0) is 10.7. The van der Waals surface area contributed by atoms with Crippen LogP contribution in [0, 0.1) is 13.8 Å². The smallest absolute Gasteiger partial charge is 0.121 e. The second-order valence-electron chi connectivity index (χ2n) is 3.65. The summed E-state index contributed by atoms with van der Waals surface area (Å²) >= 11 is 0. The molecule has 0 fully saturated rings. The molecule has 0 aliphatic rings. The van der Waals surface area contributed by atoms with E-state index >= 15 is 0 Å². The summed E-state index contributed by atoms with van der Waals surface area (Å²) in [5.74, 6) is 0.351. The minimum absolute atomic E-state index is 0.0684. The SMILES string of the molecule is C/C(=C/c1cc(C)c(O)c(C)c1)CO. The van der Waals surface area contributed by atoms with Crippen molar-refractivity contribution in [2.24, 2.45) is 0 Å². The quantitative estimate of drug-likeness (QED) is 0.755. The molecule has 1 aromatic rings. The lowest BCUT2D eigenvalue weighted by molar-refractivity contribution is 0.332. The van der Waals surface area contributed by atoms with Gasteiger partial charge in [0.2, 0.25) is 0 Å². The highest BCUT2D eigenvalue weighted by molar-refractivity contribution is 5.57. The van der Waals surface area contributed by atoms with E-state index in [4.69, 9.17) is 5.11 Å². The lowest BCUT2D eigenvalue weighted by atomic mass is 10.0. The van der Waals surface area contributed by atoms with E-state index in [9.17, 15) is 5.11 Å². The molecule has 0 atom stereocenters. The van der Waals surface area contributed by atoms with E-state index < -0.39 is 0 Å². The van der Waals surface area contributed by atoms with Gasteiger partial charge in [-0.15, -0.1) is 0 Å². The van der Waals surface area contributed by atoms with Gasteiger partial charge in [0.05, 0.1) is 6.61 Å². The van der Waals surface area contributed by atoms with Gasteiger partial charge in [-0.05, 0) is 55.2 Å². The molecule has 0 spiro atoms. The number of phenols is 1. The Morgan fingerprint density at radius 1 is 1.29 bits per heavy atom. The molecular formula is C12H16O2. The maximum absolute atomic E-state index is 9.55. The molecule has 0 saturated heterocycles. The van der Waals surface area contributed by atoms with Crippen LogP contribution in [0.1, 0.15) is 23.6 Å². The molecule has 76 valence electrons. The van der Waals surface area contributed by atoms with Crippen molar-refractivity contribution in [3.8, 4) is 5.75 Å². The van der Waals surface area contributed by atoms with Crippen molar-refractivity contribution >= 4 is 6.08 Å². The average Bonchev–Trinajstić information content (AvgIpc) is 2.14. The van der Waals surface area contributed by atoms with Crippen LogP contribution in [0.25, 0.3) is 6.08 Å². The largest absolute Gasteiger partial charge is 0.507 e. The summed E-state index contributed by atoms with van der Waals surface area (Å²) in [4.78, 5) is 0. The van der Waals surface area contributed by atoms with Gasteiger partial charge in [0, 0.05) is 0 Å². The molecule has 0 amide bonds. The van der Waals surface area contributed by atoms with Crippen molar-refractivity contribution in [1.82, 2.24) is 0 Å². The van der Waals surface area contributed by atoms with Gasteiger partial charge in [-0.1, -0.05) is 6.08 Å². The minimum Gasteiger partial charge on any atom is -0.507 e. The molecular weight excluding hydrogens is 176 g/mol. The zero-order valence-electron chi connectivity index (χ0n) is 8.83. The van der Waals surface area contributed by atoms with E-state index in [2.05, 4.69) is 0 Å². The molecule has 0 aromatic heterocycles. The fraction of sp³-hybridized carbons (Fsp3) is 0.333. The number of hydrogen-bond donors (Lipinski definition) is 2. The van der Waals surface area contributed by atoms with E-state index in [1.807, 2.05) is 39.0 Å². The summed E-state index contributed by atoms with van der Waals surface area (Å²) in [6.45, 7) is 5.68. The first kappa shape index (κ1) is 10.8. The number of aromatic hydroxyl groups is 1. The minimum atomic E-state index is 0.0684. The predicted molar refractivity (Wildman–Crippen MR) is 58.3 cm³/mol.